The third-order valence-electron chi connectivity index (χ3n) is 1.62. The molecular formula is C7H9BO2S. The van der Waals surface area contributed by atoms with E-state index in [9.17, 15) is 8.42 Å². The first-order chi connectivity index (χ1) is 5.00. The summed E-state index contributed by atoms with van der Waals surface area (Å²) in [6.45, 7) is 0. The molecule has 0 unspecified atom stereocenters. The third kappa shape index (κ3) is 2.22. The zero-order valence-corrected chi connectivity index (χ0v) is 7.19. The molecule has 0 aliphatic heterocycles. The minimum absolute atomic E-state index is 0.478. The van der Waals surface area contributed by atoms with E-state index in [2.05, 4.69) is 0 Å². The van der Waals surface area contributed by atoms with E-state index in [1.165, 1.54) is 6.26 Å². The number of hydrogen-bond donors (Lipinski definition) is 0. The van der Waals surface area contributed by atoms with Crippen molar-refractivity contribution in [1.82, 2.24) is 0 Å². The first-order valence-electron chi connectivity index (χ1n) is 3.35. The van der Waals surface area contributed by atoms with Gasteiger partial charge in [-0.05, 0) is 18.9 Å². The fourth-order valence-corrected chi connectivity index (χ4v) is 1.73. The highest BCUT2D eigenvalue weighted by atomic mass is 32.2. The van der Waals surface area contributed by atoms with Crippen LogP contribution in [-0.4, -0.2) is 22.5 Å². The lowest BCUT2D eigenvalue weighted by Crippen LogP contribution is -2.04. The summed E-state index contributed by atoms with van der Waals surface area (Å²) in [5, 5.41) is 0. The molecule has 0 heterocycles. The van der Waals surface area contributed by atoms with E-state index in [4.69, 9.17) is 7.85 Å². The normalized spacial score (nSPS) is 19.0. The van der Waals surface area contributed by atoms with Crippen molar-refractivity contribution < 1.29 is 8.42 Å². The Kier molecular flexibility index (Phi) is 2.23. The van der Waals surface area contributed by atoms with Crippen molar-refractivity contribution in [2.24, 2.45) is 0 Å². The fraction of sp³-hybridized carbons (Fsp3) is 0.429. The SMILES string of the molecule is [B]C1=CC=C(S(C)(=O)=O)CC1. The quantitative estimate of drug-likeness (QED) is 0.541. The van der Waals surface area contributed by atoms with Crippen LogP contribution in [0.3, 0.4) is 0 Å². The maximum Gasteiger partial charge on any atom is 0.171 e. The lowest BCUT2D eigenvalue weighted by Gasteiger charge is -2.09. The zero-order chi connectivity index (χ0) is 8.48. The predicted octanol–water partition coefficient (Wildman–Crippen LogP) is 0.761. The Balaban J connectivity index is 2.95. The average Bonchev–Trinajstić information content (AvgIpc) is 1.86. The summed E-state index contributed by atoms with van der Waals surface area (Å²) in [7, 11) is 2.47. The van der Waals surface area contributed by atoms with E-state index in [1.807, 2.05) is 0 Å². The first-order valence-corrected chi connectivity index (χ1v) is 5.24. The summed E-state index contributed by atoms with van der Waals surface area (Å²) in [6.07, 6.45) is 5.64. The van der Waals surface area contributed by atoms with Gasteiger partial charge in [-0.15, -0.1) is 5.47 Å². The van der Waals surface area contributed by atoms with Crippen molar-refractivity contribution in [3.05, 3.63) is 22.5 Å². The van der Waals surface area contributed by atoms with Gasteiger partial charge in [0.25, 0.3) is 0 Å². The molecule has 2 radical (unpaired) electrons. The van der Waals surface area contributed by atoms with Crippen LogP contribution in [0, 0.1) is 0 Å². The molecule has 0 atom stereocenters. The van der Waals surface area contributed by atoms with Gasteiger partial charge in [0.05, 0.1) is 0 Å². The standard InChI is InChI=1S/C7H9BO2S/c1-11(9,10)7-4-2-6(8)3-5-7/h2,4H,3,5H2,1H3. The molecule has 0 aromatic heterocycles. The summed E-state index contributed by atoms with van der Waals surface area (Å²) >= 11 is 0. The molecule has 2 nitrogen and oxygen atoms in total. The predicted molar refractivity (Wildman–Crippen MR) is 46.0 cm³/mol. The first kappa shape index (κ1) is 8.59. The van der Waals surface area contributed by atoms with Crippen molar-refractivity contribution in [2.45, 2.75) is 12.8 Å². The van der Waals surface area contributed by atoms with Crippen LogP contribution in [0.2, 0.25) is 0 Å². The Morgan fingerprint density at radius 3 is 2.36 bits per heavy atom. The van der Waals surface area contributed by atoms with E-state index in [0.29, 0.717) is 17.7 Å². The summed E-state index contributed by atoms with van der Waals surface area (Å²) in [5.74, 6) is 0. The maximum absolute atomic E-state index is 11.0. The number of allylic oxidation sites excluding steroid dienone is 4. The Morgan fingerprint density at radius 2 is 2.00 bits per heavy atom. The van der Waals surface area contributed by atoms with Crippen molar-refractivity contribution in [3.8, 4) is 0 Å². The Labute approximate surface area is 68.3 Å². The van der Waals surface area contributed by atoms with Gasteiger partial charge in [-0.1, -0.05) is 6.08 Å². The van der Waals surface area contributed by atoms with E-state index in [-0.39, 0.29) is 0 Å². The number of hydrogen-bond acceptors (Lipinski definition) is 2. The van der Waals surface area contributed by atoms with Crippen molar-refractivity contribution in [1.29, 1.82) is 0 Å². The highest BCUT2D eigenvalue weighted by molar-refractivity contribution is 7.94. The smallest absolute Gasteiger partial charge is 0.171 e. The van der Waals surface area contributed by atoms with Gasteiger partial charge in [-0.25, -0.2) is 8.42 Å². The van der Waals surface area contributed by atoms with E-state index in [1.54, 1.807) is 12.2 Å². The largest absolute Gasteiger partial charge is 0.224 e. The minimum Gasteiger partial charge on any atom is -0.224 e. The molecule has 1 aliphatic carbocycles. The van der Waals surface area contributed by atoms with Gasteiger partial charge in [0, 0.05) is 11.2 Å². The van der Waals surface area contributed by atoms with Crippen LogP contribution in [0.4, 0.5) is 0 Å². The van der Waals surface area contributed by atoms with Crippen LogP contribution < -0.4 is 0 Å². The van der Waals surface area contributed by atoms with Crippen molar-refractivity contribution in [2.75, 3.05) is 6.26 Å². The number of rotatable bonds is 1. The highest BCUT2D eigenvalue weighted by Crippen LogP contribution is 2.19. The Morgan fingerprint density at radius 1 is 1.36 bits per heavy atom. The molecule has 0 fully saturated rings. The molecule has 0 amide bonds. The van der Waals surface area contributed by atoms with E-state index in [0.717, 1.165) is 5.47 Å². The number of sulfone groups is 1. The van der Waals surface area contributed by atoms with Crippen LogP contribution >= 0.6 is 0 Å². The highest BCUT2D eigenvalue weighted by Gasteiger charge is 2.12. The van der Waals surface area contributed by atoms with Crippen LogP contribution in [0.15, 0.2) is 22.5 Å². The molecule has 0 N–H and O–H groups in total. The van der Waals surface area contributed by atoms with Gasteiger partial charge in [0.15, 0.2) is 9.84 Å². The molecule has 0 spiro atoms. The molecule has 58 valence electrons. The summed E-state index contributed by atoms with van der Waals surface area (Å²) in [6, 6.07) is 0. The summed E-state index contributed by atoms with van der Waals surface area (Å²) < 4.78 is 21.9. The second-order valence-electron chi connectivity index (χ2n) is 2.65. The zero-order valence-electron chi connectivity index (χ0n) is 6.37. The van der Waals surface area contributed by atoms with Gasteiger partial charge in [-0.2, -0.15) is 0 Å². The van der Waals surface area contributed by atoms with E-state index < -0.39 is 9.84 Å². The molecule has 0 aromatic carbocycles. The van der Waals surface area contributed by atoms with Gasteiger partial charge in [-0.3, -0.25) is 0 Å². The van der Waals surface area contributed by atoms with Crippen molar-refractivity contribution in [3.63, 3.8) is 0 Å². The van der Waals surface area contributed by atoms with Crippen LogP contribution in [0.5, 0.6) is 0 Å². The summed E-state index contributed by atoms with van der Waals surface area (Å²) in [5.41, 5.74) is 0.748. The van der Waals surface area contributed by atoms with Gasteiger partial charge in [0.2, 0.25) is 0 Å². The molecule has 1 rings (SSSR count). The van der Waals surface area contributed by atoms with Gasteiger partial charge >= 0.3 is 0 Å². The Bertz CT molecular complexity index is 311. The topological polar surface area (TPSA) is 34.1 Å². The lowest BCUT2D eigenvalue weighted by molar-refractivity contribution is 0.605. The van der Waals surface area contributed by atoms with Gasteiger partial charge < -0.3 is 0 Å². The second kappa shape index (κ2) is 2.85. The summed E-state index contributed by atoms with van der Waals surface area (Å²) in [4.78, 5) is 0.478. The van der Waals surface area contributed by atoms with Gasteiger partial charge in [0.1, 0.15) is 7.85 Å². The third-order valence-corrected chi connectivity index (χ3v) is 2.91. The maximum atomic E-state index is 11.0. The monoisotopic (exact) mass is 168 g/mol. The van der Waals surface area contributed by atoms with Crippen LogP contribution in [0.25, 0.3) is 0 Å². The second-order valence-corrected chi connectivity index (χ2v) is 4.72. The molecular weight excluding hydrogens is 159 g/mol. The molecule has 4 heteroatoms. The molecule has 0 saturated carbocycles. The van der Waals surface area contributed by atoms with Crippen LogP contribution in [0.1, 0.15) is 12.8 Å². The minimum atomic E-state index is -2.99. The van der Waals surface area contributed by atoms with Crippen LogP contribution in [-0.2, 0) is 9.84 Å². The molecule has 11 heavy (non-hydrogen) atoms. The molecule has 0 bridgehead atoms. The van der Waals surface area contributed by atoms with E-state index >= 15 is 0 Å². The lowest BCUT2D eigenvalue weighted by atomic mass is 9.88. The van der Waals surface area contributed by atoms with Crippen molar-refractivity contribution >= 4 is 17.7 Å². The molecule has 0 aromatic rings. The molecule has 1 aliphatic rings. The average molecular weight is 168 g/mol. The Hall–Kier alpha value is -0.505. The molecule has 0 saturated heterocycles. The fourth-order valence-electron chi connectivity index (χ4n) is 0.943.